The molecule has 2 N–H and O–H groups in total. The van der Waals surface area contributed by atoms with Gasteiger partial charge in [-0.05, 0) is 18.6 Å². The fraction of sp³-hybridized carbons (Fsp3) is 0.167. The maximum Gasteiger partial charge on any atom is 0.276 e. The lowest BCUT2D eigenvalue weighted by molar-refractivity contribution is 0.101. The van der Waals surface area contributed by atoms with Crippen LogP contribution < -0.4 is 5.32 Å². The predicted molar refractivity (Wildman–Crippen MR) is 68.9 cm³/mol. The number of imidazole rings is 1. The first-order valence-electron chi connectivity index (χ1n) is 5.92. The molecule has 0 aliphatic heterocycles. The summed E-state index contributed by atoms with van der Waals surface area (Å²) in [5, 5.41) is 8.94. The molecule has 1 amide bonds. The summed E-state index contributed by atoms with van der Waals surface area (Å²) in [6, 6.07) is 5.61. The van der Waals surface area contributed by atoms with Gasteiger partial charge in [-0.25, -0.2) is 10.1 Å². The van der Waals surface area contributed by atoms with Crippen molar-refractivity contribution in [2.45, 2.75) is 13.3 Å². The lowest BCUT2D eigenvalue weighted by Crippen LogP contribution is -2.17. The summed E-state index contributed by atoms with van der Waals surface area (Å²) in [5.41, 5.74) is 2.03. The summed E-state index contributed by atoms with van der Waals surface area (Å²) in [7, 11) is 0. The quantitative estimate of drug-likeness (QED) is 0.738. The minimum Gasteiger partial charge on any atom is -0.295 e. The summed E-state index contributed by atoms with van der Waals surface area (Å²) in [5.74, 6) is 0.0604. The van der Waals surface area contributed by atoms with Gasteiger partial charge in [0, 0.05) is 6.20 Å². The van der Waals surface area contributed by atoms with Gasteiger partial charge in [-0.3, -0.25) is 14.5 Å². The van der Waals surface area contributed by atoms with E-state index >= 15 is 0 Å². The van der Waals surface area contributed by atoms with Crippen molar-refractivity contribution >= 4 is 17.5 Å². The molecule has 0 spiro atoms. The minimum absolute atomic E-state index is 0.257. The number of fused-ring (bicyclic) bond motifs is 1. The third-order valence-electron chi connectivity index (χ3n) is 2.80. The number of nitrogens with one attached hydrogen (secondary N) is 2. The van der Waals surface area contributed by atoms with Crippen molar-refractivity contribution in [1.82, 2.24) is 24.6 Å². The number of pyridine rings is 1. The molecule has 0 radical (unpaired) electrons. The van der Waals surface area contributed by atoms with Crippen LogP contribution in [0.3, 0.4) is 0 Å². The maximum absolute atomic E-state index is 12.3. The van der Waals surface area contributed by atoms with Gasteiger partial charge >= 0.3 is 0 Å². The van der Waals surface area contributed by atoms with Gasteiger partial charge in [-0.2, -0.15) is 10.1 Å². The van der Waals surface area contributed by atoms with E-state index in [0.29, 0.717) is 18.1 Å². The monoisotopic (exact) mass is 256 g/mol. The molecule has 0 aliphatic rings. The Bertz CT molecular complexity index is 715. The van der Waals surface area contributed by atoms with Gasteiger partial charge in [-0.15, -0.1) is 0 Å². The van der Waals surface area contributed by atoms with Crippen molar-refractivity contribution in [3.8, 4) is 0 Å². The number of hydrogen-bond donors (Lipinski definition) is 2. The summed E-state index contributed by atoms with van der Waals surface area (Å²) in [6.07, 6.45) is 3.84. The molecule has 96 valence electrons. The topological polar surface area (TPSA) is 88.0 Å². The molecule has 0 fully saturated rings. The first-order chi connectivity index (χ1) is 9.29. The van der Waals surface area contributed by atoms with E-state index in [1.165, 1.54) is 6.33 Å². The second kappa shape index (κ2) is 4.52. The summed E-state index contributed by atoms with van der Waals surface area (Å²) in [6.45, 7) is 1.97. The average Bonchev–Trinajstić information content (AvgIpc) is 3.04. The molecule has 3 aromatic heterocycles. The van der Waals surface area contributed by atoms with Crippen molar-refractivity contribution < 1.29 is 4.79 Å². The molecule has 0 unspecified atom stereocenters. The van der Waals surface area contributed by atoms with E-state index in [4.69, 9.17) is 0 Å². The standard InChI is InChI=1S/C12H12N6O/c1-2-8-10(11(19)16-12-13-7-14-17-12)18-6-4-3-5-9(18)15-8/h3-7H,2H2,1H3,(H2,13,14,16,17,19). The van der Waals surface area contributed by atoms with Gasteiger partial charge < -0.3 is 0 Å². The smallest absolute Gasteiger partial charge is 0.276 e. The van der Waals surface area contributed by atoms with Gasteiger partial charge in [0.05, 0.1) is 5.69 Å². The number of hydrogen-bond acceptors (Lipinski definition) is 4. The van der Waals surface area contributed by atoms with Crippen LogP contribution in [-0.4, -0.2) is 30.5 Å². The number of aromatic nitrogens is 5. The highest BCUT2D eigenvalue weighted by molar-refractivity contribution is 6.03. The van der Waals surface area contributed by atoms with Crippen LogP contribution in [0, 0.1) is 0 Å². The molecular formula is C12H12N6O. The number of carbonyl (C=O) groups is 1. The van der Waals surface area contributed by atoms with Gasteiger partial charge in [0.25, 0.3) is 5.91 Å². The van der Waals surface area contributed by atoms with E-state index in [-0.39, 0.29) is 5.91 Å². The number of aryl methyl sites for hydroxylation is 1. The van der Waals surface area contributed by atoms with Crippen molar-refractivity contribution in [3.05, 3.63) is 42.1 Å². The van der Waals surface area contributed by atoms with Crippen LogP contribution in [0.2, 0.25) is 0 Å². The van der Waals surface area contributed by atoms with E-state index in [1.54, 1.807) is 4.40 Å². The molecule has 0 aliphatic carbocycles. The Morgan fingerprint density at radius 2 is 2.37 bits per heavy atom. The molecule has 3 rings (SSSR count). The number of rotatable bonds is 3. The number of anilines is 1. The number of aromatic amines is 1. The summed E-state index contributed by atoms with van der Waals surface area (Å²) in [4.78, 5) is 20.6. The van der Waals surface area contributed by atoms with Crippen LogP contribution in [0.4, 0.5) is 5.95 Å². The van der Waals surface area contributed by atoms with E-state index in [9.17, 15) is 4.79 Å². The van der Waals surface area contributed by atoms with Crippen LogP contribution in [0.15, 0.2) is 30.7 Å². The fourth-order valence-electron chi connectivity index (χ4n) is 1.96. The zero-order valence-electron chi connectivity index (χ0n) is 10.3. The average molecular weight is 256 g/mol. The fourth-order valence-corrected chi connectivity index (χ4v) is 1.96. The SMILES string of the molecule is CCc1nc2ccccn2c1C(=O)Nc1ncn[nH]1. The largest absolute Gasteiger partial charge is 0.295 e. The Hall–Kier alpha value is -2.70. The Kier molecular flexibility index (Phi) is 2.71. The molecule has 7 heteroatoms. The van der Waals surface area contributed by atoms with E-state index in [2.05, 4.69) is 25.5 Å². The van der Waals surface area contributed by atoms with E-state index in [0.717, 1.165) is 11.3 Å². The summed E-state index contributed by atoms with van der Waals surface area (Å²) < 4.78 is 1.77. The summed E-state index contributed by atoms with van der Waals surface area (Å²) >= 11 is 0. The van der Waals surface area contributed by atoms with Gasteiger partial charge in [-0.1, -0.05) is 13.0 Å². The number of H-pyrrole nitrogens is 1. The minimum atomic E-state index is -0.257. The van der Waals surface area contributed by atoms with Crippen LogP contribution in [0.5, 0.6) is 0 Å². The Morgan fingerprint density at radius 3 is 3.11 bits per heavy atom. The van der Waals surface area contributed by atoms with Crippen LogP contribution in [0.25, 0.3) is 5.65 Å². The lowest BCUT2D eigenvalue weighted by atomic mass is 10.2. The highest BCUT2D eigenvalue weighted by Gasteiger charge is 2.18. The lowest BCUT2D eigenvalue weighted by Gasteiger charge is -2.03. The highest BCUT2D eigenvalue weighted by atomic mass is 16.2. The van der Waals surface area contributed by atoms with Gasteiger partial charge in [0.1, 0.15) is 17.7 Å². The number of amides is 1. The molecule has 0 bridgehead atoms. The molecule has 3 heterocycles. The first kappa shape index (κ1) is 11.4. The molecule has 0 atom stereocenters. The van der Waals surface area contributed by atoms with Crippen molar-refractivity contribution in [1.29, 1.82) is 0 Å². The van der Waals surface area contributed by atoms with E-state index in [1.807, 2.05) is 31.3 Å². The third-order valence-corrected chi connectivity index (χ3v) is 2.80. The van der Waals surface area contributed by atoms with Crippen LogP contribution in [0.1, 0.15) is 23.1 Å². The van der Waals surface area contributed by atoms with Crippen molar-refractivity contribution in [2.24, 2.45) is 0 Å². The van der Waals surface area contributed by atoms with Crippen molar-refractivity contribution in [3.63, 3.8) is 0 Å². The zero-order chi connectivity index (χ0) is 13.2. The second-order valence-corrected chi connectivity index (χ2v) is 3.98. The highest BCUT2D eigenvalue weighted by Crippen LogP contribution is 2.14. The van der Waals surface area contributed by atoms with Crippen molar-refractivity contribution in [2.75, 3.05) is 5.32 Å². The Balaban J connectivity index is 2.05. The Labute approximate surface area is 108 Å². The van der Waals surface area contributed by atoms with Gasteiger partial charge in [0.15, 0.2) is 0 Å². The maximum atomic E-state index is 12.3. The third kappa shape index (κ3) is 1.95. The molecular weight excluding hydrogens is 244 g/mol. The second-order valence-electron chi connectivity index (χ2n) is 3.98. The van der Waals surface area contributed by atoms with Crippen LogP contribution >= 0.6 is 0 Å². The molecule has 0 saturated carbocycles. The molecule has 7 nitrogen and oxygen atoms in total. The molecule has 0 saturated heterocycles. The van der Waals surface area contributed by atoms with E-state index < -0.39 is 0 Å². The molecule has 0 aromatic carbocycles. The molecule has 3 aromatic rings. The number of carbonyl (C=O) groups excluding carboxylic acids is 1. The number of nitrogens with zero attached hydrogens (tertiary/aromatic N) is 4. The van der Waals surface area contributed by atoms with Crippen LogP contribution in [-0.2, 0) is 6.42 Å². The predicted octanol–water partition coefficient (Wildman–Crippen LogP) is 1.27. The zero-order valence-corrected chi connectivity index (χ0v) is 10.3. The van der Waals surface area contributed by atoms with Gasteiger partial charge in [0.2, 0.25) is 5.95 Å². The first-order valence-corrected chi connectivity index (χ1v) is 5.92. The normalized spacial score (nSPS) is 10.8. The molecule has 19 heavy (non-hydrogen) atoms. The Morgan fingerprint density at radius 1 is 1.47 bits per heavy atom.